The zero-order valence-corrected chi connectivity index (χ0v) is 12.0. The van der Waals surface area contributed by atoms with E-state index in [1.807, 2.05) is 6.07 Å². The summed E-state index contributed by atoms with van der Waals surface area (Å²) < 4.78 is 28.5. The molecule has 2 aromatic rings. The van der Waals surface area contributed by atoms with Crippen LogP contribution in [-0.4, -0.2) is 14.1 Å². The zero-order valence-electron chi connectivity index (χ0n) is 11.2. The van der Waals surface area contributed by atoms with E-state index in [1.54, 1.807) is 49.4 Å². The van der Waals surface area contributed by atoms with Gasteiger partial charge in [-0.3, -0.25) is 4.28 Å². The Bertz CT molecular complexity index is 789. The molecule has 0 heterocycles. The highest BCUT2D eigenvalue weighted by molar-refractivity contribution is 7.86. The minimum atomic E-state index is -3.92. The third-order valence-corrected chi connectivity index (χ3v) is 3.86. The van der Waals surface area contributed by atoms with Crippen molar-refractivity contribution in [1.82, 2.24) is 0 Å². The predicted molar refractivity (Wildman–Crippen MR) is 78.1 cm³/mol. The van der Waals surface area contributed by atoms with Gasteiger partial charge in [0.1, 0.15) is 4.90 Å². The molecule has 0 fully saturated rings. The number of rotatable bonds is 4. The zero-order chi connectivity index (χ0) is 15.3. The van der Waals surface area contributed by atoms with E-state index in [-0.39, 0.29) is 4.90 Å². The molecule has 21 heavy (non-hydrogen) atoms. The topological polar surface area (TPSA) is 79.5 Å². The molecular formula is C15H12N2O3S. The van der Waals surface area contributed by atoms with Gasteiger partial charge in [0.2, 0.25) is 0 Å². The first-order valence-corrected chi connectivity index (χ1v) is 7.47. The van der Waals surface area contributed by atoms with Crippen molar-refractivity contribution in [1.29, 1.82) is 5.26 Å². The van der Waals surface area contributed by atoms with E-state index in [0.29, 0.717) is 16.8 Å². The molecule has 0 N–H and O–H groups in total. The summed E-state index contributed by atoms with van der Waals surface area (Å²) in [5, 5.41) is 12.4. The highest BCUT2D eigenvalue weighted by atomic mass is 32.2. The number of oxime groups is 1. The van der Waals surface area contributed by atoms with Gasteiger partial charge in [0.15, 0.2) is 0 Å². The third-order valence-electron chi connectivity index (χ3n) is 2.74. The standard InChI is InChI=1S/C15H12N2O3S/c1-12(14-9-7-13(11-16)8-10-14)17-20-21(18,19)15-5-3-2-4-6-15/h2-10H,1H3/b17-12+. The lowest BCUT2D eigenvalue weighted by molar-refractivity contribution is 0.339. The Hall–Kier alpha value is -2.65. The van der Waals surface area contributed by atoms with Crippen molar-refractivity contribution < 1.29 is 12.7 Å². The lowest BCUT2D eigenvalue weighted by Gasteiger charge is -2.03. The Morgan fingerprint density at radius 2 is 1.71 bits per heavy atom. The van der Waals surface area contributed by atoms with Crippen LogP contribution in [0.4, 0.5) is 0 Å². The summed E-state index contributed by atoms with van der Waals surface area (Å²) in [7, 11) is -3.92. The molecule has 0 aliphatic heterocycles. The monoisotopic (exact) mass is 300 g/mol. The fourth-order valence-electron chi connectivity index (χ4n) is 1.57. The van der Waals surface area contributed by atoms with Crippen LogP contribution in [0, 0.1) is 11.3 Å². The maximum atomic E-state index is 11.9. The van der Waals surface area contributed by atoms with Crippen LogP contribution in [0.5, 0.6) is 0 Å². The molecule has 0 saturated heterocycles. The summed E-state index contributed by atoms with van der Waals surface area (Å²) in [5.74, 6) is 0. The van der Waals surface area contributed by atoms with Gasteiger partial charge >= 0.3 is 10.1 Å². The van der Waals surface area contributed by atoms with Gasteiger partial charge in [-0.25, -0.2) is 0 Å². The van der Waals surface area contributed by atoms with Gasteiger partial charge in [-0.15, -0.1) is 0 Å². The Labute approximate surface area is 123 Å². The average molecular weight is 300 g/mol. The van der Waals surface area contributed by atoms with Gasteiger partial charge in [-0.1, -0.05) is 35.5 Å². The Morgan fingerprint density at radius 1 is 1.10 bits per heavy atom. The second kappa shape index (κ2) is 6.20. The minimum absolute atomic E-state index is 0.0429. The molecule has 106 valence electrons. The van der Waals surface area contributed by atoms with Gasteiger partial charge in [0.05, 0.1) is 17.3 Å². The SMILES string of the molecule is C/C(=N\OS(=O)(=O)c1ccccc1)c1ccc(C#N)cc1. The smallest absolute Gasteiger partial charge is 0.265 e. The predicted octanol–water partition coefficient (Wildman–Crippen LogP) is 2.69. The van der Waals surface area contributed by atoms with Crippen LogP contribution in [0.25, 0.3) is 0 Å². The van der Waals surface area contributed by atoms with Crippen LogP contribution in [0.3, 0.4) is 0 Å². The summed E-state index contributed by atoms with van der Waals surface area (Å²) in [6.45, 7) is 1.63. The molecule has 0 unspecified atom stereocenters. The van der Waals surface area contributed by atoms with E-state index in [2.05, 4.69) is 9.44 Å². The summed E-state index contributed by atoms with van der Waals surface area (Å²) in [6, 6.07) is 16.4. The molecule has 0 radical (unpaired) electrons. The Kier molecular flexibility index (Phi) is 4.36. The van der Waals surface area contributed by atoms with E-state index >= 15 is 0 Å². The maximum absolute atomic E-state index is 11.9. The highest BCUT2D eigenvalue weighted by Crippen LogP contribution is 2.12. The van der Waals surface area contributed by atoms with E-state index in [1.165, 1.54) is 12.1 Å². The second-order valence-corrected chi connectivity index (χ2v) is 5.74. The summed E-state index contributed by atoms with van der Waals surface area (Å²) in [6.07, 6.45) is 0. The largest absolute Gasteiger partial charge is 0.358 e. The molecule has 0 amide bonds. The average Bonchev–Trinajstić information content (AvgIpc) is 2.53. The fraction of sp³-hybridized carbons (Fsp3) is 0.0667. The van der Waals surface area contributed by atoms with Crippen molar-refractivity contribution in [3.05, 3.63) is 65.7 Å². The van der Waals surface area contributed by atoms with Crippen LogP contribution in [0.15, 0.2) is 64.6 Å². The summed E-state index contributed by atoms with van der Waals surface area (Å²) in [5.41, 5.74) is 1.60. The first kappa shape index (κ1) is 14.8. The lowest BCUT2D eigenvalue weighted by atomic mass is 10.1. The van der Waals surface area contributed by atoms with Crippen LogP contribution in [0.1, 0.15) is 18.1 Å². The van der Waals surface area contributed by atoms with Gasteiger partial charge < -0.3 is 0 Å². The van der Waals surface area contributed by atoms with Crippen molar-refractivity contribution >= 4 is 15.8 Å². The lowest BCUT2D eigenvalue weighted by Crippen LogP contribution is -2.05. The van der Waals surface area contributed by atoms with Crippen molar-refractivity contribution in [2.24, 2.45) is 5.16 Å². The van der Waals surface area contributed by atoms with Gasteiger partial charge in [0.25, 0.3) is 0 Å². The van der Waals surface area contributed by atoms with Gasteiger partial charge in [-0.2, -0.15) is 13.7 Å². The van der Waals surface area contributed by atoms with Gasteiger partial charge in [-0.05, 0) is 36.8 Å². The first-order chi connectivity index (χ1) is 10.0. The number of benzene rings is 2. The molecule has 0 spiro atoms. The van der Waals surface area contributed by atoms with Crippen LogP contribution >= 0.6 is 0 Å². The second-order valence-electron chi connectivity index (χ2n) is 4.21. The van der Waals surface area contributed by atoms with E-state index in [0.717, 1.165) is 0 Å². The molecule has 0 aromatic heterocycles. The van der Waals surface area contributed by atoms with E-state index < -0.39 is 10.1 Å². The number of hydrogen-bond acceptors (Lipinski definition) is 5. The van der Waals surface area contributed by atoms with Crippen LogP contribution in [0.2, 0.25) is 0 Å². The molecule has 5 nitrogen and oxygen atoms in total. The highest BCUT2D eigenvalue weighted by Gasteiger charge is 2.15. The van der Waals surface area contributed by atoms with Crippen LogP contribution in [-0.2, 0) is 14.4 Å². The van der Waals surface area contributed by atoms with E-state index in [4.69, 9.17) is 5.26 Å². The molecule has 0 aliphatic carbocycles. The third kappa shape index (κ3) is 3.68. The molecular weight excluding hydrogens is 288 g/mol. The molecule has 0 bridgehead atoms. The summed E-state index contributed by atoms with van der Waals surface area (Å²) in [4.78, 5) is 0.0429. The summed E-state index contributed by atoms with van der Waals surface area (Å²) >= 11 is 0. The molecule has 2 rings (SSSR count). The molecule has 0 saturated carbocycles. The first-order valence-electron chi connectivity index (χ1n) is 6.07. The minimum Gasteiger partial charge on any atom is -0.265 e. The molecule has 6 heteroatoms. The molecule has 0 atom stereocenters. The number of hydrogen-bond donors (Lipinski definition) is 0. The Morgan fingerprint density at radius 3 is 2.29 bits per heavy atom. The van der Waals surface area contributed by atoms with Crippen molar-refractivity contribution in [3.8, 4) is 6.07 Å². The van der Waals surface area contributed by atoms with Crippen molar-refractivity contribution in [2.45, 2.75) is 11.8 Å². The molecule has 2 aromatic carbocycles. The fourth-order valence-corrected chi connectivity index (χ4v) is 2.36. The number of nitrogens with zero attached hydrogens (tertiary/aromatic N) is 2. The van der Waals surface area contributed by atoms with Crippen LogP contribution < -0.4 is 0 Å². The Balaban J connectivity index is 2.18. The quantitative estimate of drug-likeness (QED) is 0.642. The van der Waals surface area contributed by atoms with Crippen molar-refractivity contribution in [3.63, 3.8) is 0 Å². The maximum Gasteiger partial charge on any atom is 0.358 e. The van der Waals surface area contributed by atoms with Gasteiger partial charge in [0, 0.05) is 0 Å². The molecule has 0 aliphatic rings. The van der Waals surface area contributed by atoms with Crippen molar-refractivity contribution in [2.75, 3.05) is 0 Å². The normalized spacial score (nSPS) is 11.7. The number of nitriles is 1. The van der Waals surface area contributed by atoms with E-state index in [9.17, 15) is 8.42 Å².